The molecule has 0 aliphatic heterocycles. The van der Waals surface area contributed by atoms with Crippen molar-refractivity contribution in [1.29, 1.82) is 0 Å². The predicted molar refractivity (Wildman–Crippen MR) is 77.9 cm³/mol. The lowest BCUT2D eigenvalue weighted by Crippen LogP contribution is -2.06. The van der Waals surface area contributed by atoms with E-state index in [1.54, 1.807) is 11.7 Å². The van der Waals surface area contributed by atoms with E-state index in [2.05, 4.69) is 25.4 Å². The Labute approximate surface area is 123 Å². The second-order valence-corrected chi connectivity index (χ2v) is 4.55. The van der Waals surface area contributed by atoms with E-state index in [1.807, 2.05) is 27.8 Å². The standard InChI is InChI=1S/C13H20N6O2/c1-6-7-20-12-15-11(14-4)16-13(17-12)21-10-8(2)18-19(5)9(10)3/h6-7H2,1-5H3,(H,14,15,16,17). The number of anilines is 1. The summed E-state index contributed by atoms with van der Waals surface area (Å²) in [5.74, 6) is 1.04. The lowest BCUT2D eigenvalue weighted by molar-refractivity contribution is 0.285. The summed E-state index contributed by atoms with van der Waals surface area (Å²) < 4.78 is 12.9. The van der Waals surface area contributed by atoms with Crippen LogP contribution in [0.3, 0.4) is 0 Å². The summed E-state index contributed by atoms with van der Waals surface area (Å²) in [7, 11) is 3.58. The molecule has 0 aliphatic rings. The molecule has 0 bridgehead atoms. The molecule has 2 aromatic heterocycles. The predicted octanol–water partition coefficient (Wildman–Crippen LogP) is 1.84. The fourth-order valence-electron chi connectivity index (χ4n) is 1.75. The lowest BCUT2D eigenvalue weighted by atomic mass is 10.3. The number of hydrogen-bond acceptors (Lipinski definition) is 7. The highest BCUT2D eigenvalue weighted by Crippen LogP contribution is 2.26. The molecule has 0 fully saturated rings. The van der Waals surface area contributed by atoms with Gasteiger partial charge in [0.1, 0.15) is 5.69 Å². The van der Waals surface area contributed by atoms with Crippen LogP contribution in [0.2, 0.25) is 0 Å². The van der Waals surface area contributed by atoms with E-state index in [0.717, 1.165) is 17.8 Å². The van der Waals surface area contributed by atoms with Gasteiger partial charge in [-0.2, -0.15) is 15.1 Å². The Kier molecular flexibility index (Phi) is 4.56. The third kappa shape index (κ3) is 3.39. The van der Waals surface area contributed by atoms with Crippen molar-refractivity contribution < 1.29 is 9.47 Å². The maximum atomic E-state index is 5.76. The summed E-state index contributed by atoms with van der Waals surface area (Å²) in [4.78, 5) is 12.5. The second kappa shape index (κ2) is 6.38. The van der Waals surface area contributed by atoms with Gasteiger partial charge < -0.3 is 14.8 Å². The lowest BCUT2D eigenvalue weighted by Gasteiger charge is -2.08. The summed E-state index contributed by atoms with van der Waals surface area (Å²) in [6, 6.07) is 0.421. The Morgan fingerprint density at radius 2 is 1.86 bits per heavy atom. The van der Waals surface area contributed by atoms with E-state index >= 15 is 0 Å². The zero-order valence-corrected chi connectivity index (χ0v) is 13.0. The molecule has 2 heterocycles. The van der Waals surface area contributed by atoms with Crippen molar-refractivity contribution in [2.45, 2.75) is 27.2 Å². The van der Waals surface area contributed by atoms with E-state index in [9.17, 15) is 0 Å². The fourth-order valence-corrected chi connectivity index (χ4v) is 1.75. The Bertz CT molecular complexity index is 625. The third-order valence-electron chi connectivity index (χ3n) is 2.89. The van der Waals surface area contributed by atoms with Gasteiger partial charge in [-0.05, 0) is 20.3 Å². The maximum Gasteiger partial charge on any atom is 0.330 e. The van der Waals surface area contributed by atoms with Gasteiger partial charge in [-0.1, -0.05) is 6.92 Å². The van der Waals surface area contributed by atoms with Crippen molar-refractivity contribution in [3.05, 3.63) is 11.4 Å². The number of rotatable bonds is 6. The highest BCUT2D eigenvalue weighted by molar-refractivity contribution is 5.35. The quantitative estimate of drug-likeness (QED) is 0.869. The van der Waals surface area contributed by atoms with Crippen LogP contribution in [0.25, 0.3) is 0 Å². The minimum Gasteiger partial charge on any atom is -0.463 e. The zero-order valence-electron chi connectivity index (χ0n) is 13.0. The number of hydrogen-bond donors (Lipinski definition) is 1. The summed E-state index contributed by atoms with van der Waals surface area (Å²) in [5, 5.41) is 7.16. The van der Waals surface area contributed by atoms with Crippen LogP contribution in [0.4, 0.5) is 5.95 Å². The highest BCUT2D eigenvalue weighted by Gasteiger charge is 2.15. The molecule has 0 unspecified atom stereocenters. The molecule has 0 radical (unpaired) electrons. The van der Waals surface area contributed by atoms with Crippen LogP contribution in [0.15, 0.2) is 0 Å². The first-order valence-corrected chi connectivity index (χ1v) is 6.79. The first-order chi connectivity index (χ1) is 10.0. The van der Waals surface area contributed by atoms with Gasteiger partial charge in [-0.15, -0.1) is 4.98 Å². The molecule has 0 amide bonds. The number of aromatic nitrogens is 5. The number of aryl methyl sites for hydroxylation is 2. The molecule has 0 atom stereocenters. The molecule has 21 heavy (non-hydrogen) atoms. The van der Waals surface area contributed by atoms with Gasteiger partial charge in [0.05, 0.1) is 12.3 Å². The van der Waals surface area contributed by atoms with Gasteiger partial charge in [0.25, 0.3) is 0 Å². The Hall–Kier alpha value is -2.38. The van der Waals surface area contributed by atoms with Gasteiger partial charge in [0.2, 0.25) is 5.95 Å². The van der Waals surface area contributed by atoms with Crippen molar-refractivity contribution >= 4 is 5.95 Å². The molecule has 0 aromatic carbocycles. The van der Waals surface area contributed by atoms with Crippen molar-refractivity contribution in [2.75, 3.05) is 19.0 Å². The van der Waals surface area contributed by atoms with E-state index in [-0.39, 0.29) is 12.0 Å². The topological polar surface area (TPSA) is 87.0 Å². The number of ether oxygens (including phenoxy) is 2. The van der Waals surface area contributed by atoms with Crippen LogP contribution >= 0.6 is 0 Å². The summed E-state index contributed by atoms with van der Waals surface area (Å²) >= 11 is 0. The van der Waals surface area contributed by atoms with Crippen molar-refractivity contribution in [1.82, 2.24) is 24.7 Å². The molecule has 2 rings (SSSR count). The average Bonchev–Trinajstić information content (AvgIpc) is 2.71. The molecule has 2 aromatic rings. The molecule has 0 aliphatic carbocycles. The average molecular weight is 292 g/mol. The molecule has 0 saturated carbocycles. The Balaban J connectivity index is 2.30. The summed E-state index contributed by atoms with van der Waals surface area (Å²) in [6.45, 7) is 6.35. The van der Waals surface area contributed by atoms with Gasteiger partial charge in [-0.3, -0.25) is 4.68 Å². The monoisotopic (exact) mass is 292 g/mol. The van der Waals surface area contributed by atoms with Crippen LogP contribution in [-0.4, -0.2) is 38.4 Å². The fraction of sp³-hybridized carbons (Fsp3) is 0.538. The SMILES string of the molecule is CCCOc1nc(NC)nc(Oc2c(C)nn(C)c2C)n1. The molecular formula is C13H20N6O2. The largest absolute Gasteiger partial charge is 0.463 e. The van der Waals surface area contributed by atoms with E-state index < -0.39 is 0 Å². The second-order valence-electron chi connectivity index (χ2n) is 4.55. The highest BCUT2D eigenvalue weighted by atomic mass is 16.5. The molecule has 1 N–H and O–H groups in total. The zero-order chi connectivity index (χ0) is 15.4. The van der Waals surface area contributed by atoms with E-state index in [0.29, 0.717) is 18.3 Å². The minimum absolute atomic E-state index is 0.180. The minimum atomic E-state index is 0.180. The van der Waals surface area contributed by atoms with Crippen LogP contribution < -0.4 is 14.8 Å². The molecule has 114 valence electrons. The Morgan fingerprint density at radius 3 is 2.43 bits per heavy atom. The summed E-state index contributed by atoms with van der Waals surface area (Å²) in [6.07, 6.45) is 0.873. The molecule has 0 saturated heterocycles. The molecule has 8 heteroatoms. The maximum absolute atomic E-state index is 5.76. The van der Waals surface area contributed by atoms with Gasteiger partial charge in [-0.25, -0.2) is 0 Å². The van der Waals surface area contributed by atoms with Crippen molar-refractivity contribution in [3.8, 4) is 17.8 Å². The van der Waals surface area contributed by atoms with Crippen LogP contribution in [0.1, 0.15) is 24.7 Å². The van der Waals surface area contributed by atoms with Gasteiger partial charge in [0.15, 0.2) is 5.75 Å². The van der Waals surface area contributed by atoms with Crippen molar-refractivity contribution in [3.63, 3.8) is 0 Å². The molecular weight excluding hydrogens is 272 g/mol. The van der Waals surface area contributed by atoms with E-state index in [4.69, 9.17) is 9.47 Å². The van der Waals surface area contributed by atoms with E-state index in [1.165, 1.54) is 0 Å². The van der Waals surface area contributed by atoms with Crippen LogP contribution in [0, 0.1) is 13.8 Å². The van der Waals surface area contributed by atoms with Crippen LogP contribution in [0.5, 0.6) is 17.8 Å². The Morgan fingerprint density at radius 1 is 1.14 bits per heavy atom. The number of nitrogens with one attached hydrogen (secondary N) is 1. The third-order valence-corrected chi connectivity index (χ3v) is 2.89. The smallest absolute Gasteiger partial charge is 0.330 e. The van der Waals surface area contributed by atoms with Crippen LogP contribution in [-0.2, 0) is 7.05 Å². The first-order valence-electron chi connectivity index (χ1n) is 6.79. The normalized spacial score (nSPS) is 10.5. The first kappa shape index (κ1) is 15.0. The number of nitrogens with zero attached hydrogens (tertiary/aromatic N) is 5. The van der Waals surface area contributed by atoms with Gasteiger partial charge in [0, 0.05) is 14.1 Å². The summed E-state index contributed by atoms with van der Waals surface area (Å²) in [5.41, 5.74) is 1.67. The van der Waals surface area contributed by atoms with Crippen molar-refractivity contribution in [2.24, 2.45) is 7.05 Å². The molecule has 0 spiro atoms. The molecule has 8 nitrogen and oxygen atoms in total. The van der Waals surface area contributed by atoms with Gasteiger partial charge >= 0.3 is 12.0 Å².